The van der Waals surface area contributed by atoms with Gasteiger partial charge in [-0.3, -0.25) is 4.79 Å². The lowest BCUT2D eigenvalue weighted by atomic mass is 9.96. The van der Waals surface area contributed by atoms with Crippen molar-refractivity contribution in [3.8, 4) is 0 Å². The van der Waals surface area contributed by atoms with Crippen LogP contribution in [-0.4, -0.2) is 36.1 Å². The molecule has 0 aromatic rings. The molecule has 0 radical (unpaired) electrons. The molecular formula is C13H24N2O3. The molecule has 0 aliphatic heterocycles. The molecule has 3 atom stereocenters. The number of nitrogens with one attached hydrogen (secondary N) is 2. The fraction of sp³-hybridized carbons (Fsp3) is 0.692. The van der Waals surface area contributed by atoms with Crippen LogP contribution in [0.4, 0.5) is 0 Å². The molecule has 18 heavy (non-hydrogen) atoms. The maximum atomic E-state index is 11.6. The van der Waals surface area contributed by atoms with Crippen molar-refractivity contribution < 1.29 is 14.7 Å². The number of carboxylic acid groups (broad SMARTS) is 1. The smallest absolute Gasteiger partial charge is 0.326 e. The number of hydrogen-bond acceptors (Lipinski definition) is 3. The molecule has 0 aliphatic carbocycles. The van der Waals surface area contributed by atoms with E-state index in [9.17, 15) is 9.59 Å². The maximum Gasteiger partial charge on any atom is 0.326 e. The van der Waals surface area contributed by atoms with Crippen molar-refractivity contribution in [2.45, 2.75) is 45.2 Å². The molecule has 1 unspecified atom stereocenters. The van der Waals surface area contributed by atoms with Crippen LogP contribution in [0.15, 0.2) is 12.7 Å². The minimum atomic E-state index is -0.989. The normalized spacial score (nSPS) is 15.5. The van der Waals surface area contributed by atoms with Crippen molar-refractivity contribution in [1.82, 2.24) is 10.6 Å². The van der Waals surface area contributed by atoms with Gasteiger partial charge in [0.15, 0.2) is 0 Å². The van der Waals surface area contributed by atoms with Gasteiger partial charge < -0.3 is 15.7 Å². The third kappa shape index (κ3) is 6.39. The first kappa shape index (κ1) is 16.6. The summed E-state index contributed by atoms with van der Waals surface area (Å²) in [7, 11) is 1.66. The number of aliphatic carboxylic acids is 1. The summed E-state index contributed by atoms with van der Waals surface area (Å²) in [6.07, 6.45) is 3.98. The summed E-state index contributed by atoms with van der Waals surface area (Å²) < 4.78 is 0. The Labute approximate surface area is 109 Å². The molecule has 1 amide bonds. The monoisotopic (exact) mass is 256 g/mol. The molecule has 0 heterocycles. The van der Waals surface area contributed by atoms with Gasteiger partial charge in [-0.05, 0) is 39.2 Å². The van der Waals surface area contributed by atoms with Crippen LogP contribution in [0.3, 0.4) is 0 Å². The number of hydrogen-bond donors (Lipinski definition) is 3. The van der Waals surface area contributed by atoms with Crippen molar-refractivity contribution in [3.05, 3.63) is 12.7 Å². The fourth-order valence-corrected chi connectivity index (χ4v) is 1.57. The molecule has 5 nitrogen and oxygen atoms in total. The average molecular weight is 256 g/mol. The zero-order valence-corrected chi connectivity index (χ0v) is 11.4. The molecule has 104 valence electrons. The van der Waals surface area contributed by atoms with Crippen molar-refractivity contribution in [1.29, 1.82) is 0 Å². The lowest BCUT2D eigenvalue weighted by Gasteiger charge is -2.20. The van der Waals surface area contributed by atoms with Gasteiger partial charge in [0, 0.05) is 0 Å². The minimum absolute atomic E-state index is 0.231. The second kappa shape index (κ2) is 8.69. The molecule has 0 saturated heterocycles. The van der Waals surface area contributed by atoms with E-state index >= 15 is 0 Å². The van der Waals surface area contributed by atoms with Crippen LogP contribution in [0.5, 0.6) is 0 Å². The van der Waals surface area contributed by atoms with Crippen LogP contribution in [0.25, 0.3) is 0 Å². The lowest BCUT2D eigenvalue weighted by molar-refractivity contribution is -0.142. The molecular weight excluding hydrogens is 232 g/mol. The summed E-state index contributed by atoms with van der Waals surface area (Å²) in [5.74, 6) is -1.05. The van der Waals surface area contributed by atoms with E-state index in [0.717, 1.165) is 12.8 Å². The number of amides is 1. The van der Waals surface area contributed by atoms with E-state index in [1.54, 1.807) is 14.0 Å². The van der Waals surface area contributed by atoms with Gasteiger partial charge in [-0.2, -0.15) is 0 Å². The lowest BCUT2D eigenvalue weighted by Crippen LogP contribution is -2.48. The first-order chi connectivity index (χ1) is 8.42. The number of likely N-dealkylation sites (N-methyl/N-ethyl adjacent to an activating group) is 1. The predicted molar refractivity (Wildman–Crippen MR) is 71.3 cm³/mol. The van der Waals surface area contributed by atoms with Gasteiger partial charge in [-0.15, -0.1) is 6.58 Å². The molecule has 0 aliphatic rings. The first-order valence-corrected chi connectivity index (χ1v) is 6.23. The summed E-state index contributed by atoms with van der Waals surface area (Å²) in [5.41, 5.74) is 0. The van der Waals surface area contributed by atoms with Crippen LogP contribution in [0.1, 0.15) is 33.1 Å². The Hall–Kier alpha value is -1.36. The molecule has 0 fully saturated rings. The van der Waals surface area contributed by atoms with Crippen LogP contribution >= 0.6 is 0 Å². The molecule has 0 aromatic carbocycles. The molecule has 0 bridgehead atoms. The number of carbonyl (C=O) groups is 2. The fourth-order valence-electron chi connectivity index (χ4n) is 1.57. The van der Waals surface area contributed by atoms with Crippen molar-refractivity contribution in [2.24, 2.45) is 5.92 Å². The Balaban J connectivity index is 4.35. The molecule has 3 N–H and O–H groups in total. The highest BCUT2D eigenvalue weighted by Gasteiger charge is 2.23. The predicted octanol–water partition coefficient (Wildman–Crippen LogP) is 1.16. The van der Waals surface area contributed by atoms with Crippen molar-refractivity contribution >= 4 is 11.9 Å². The summed E-state index contributed by atoms with van der Waals surface area (Å²) in [6.45, 7) is 7.30. The summed E-state index contributed by atoms with van der Waals surface area (Å²) in [4.78, 5) is 22.7. The Morgan fingerprint density at radius 1 is 1.39 bits per heavy atom. The van der Waals surface area contributed by atoms with Gasteiger partial charge in [-0.1, -0.05) is 13.0 Å². The summed E-state index contributed by atoms with van der Waals surface area (Å²) in [6, 6.07) is -1.22. The number of allylic oxidation sites excluding steroid dienone is 1. The third-order valence-corrected chi connectivity index (χ3v) is 2.94. The van der Waals surface area contributed by atoms with E-state index in [0.29, 0.717) is 6.42 Å². The summed E-state index contributed by atoms with van der Waals surface area (Å²) >= 11 is 0. The Morgan fingerprint density at radius 2 is 2.00 bits per heavy atom. The van der Waals surface area contributed by atoms with Crippen LogP contribution in [0, 0.1) is 5.92 Å². The summed E-state index contributed by atoms with van der Waals surface area (Å²) in [5, 5.41) is 14.4. The first-order valence-electron chi connectivity index (χ1n) is 6.23. The van der Waals surface area contributed by atoms with Crippen LogP contribution in [-0.2, 0) is 9.59 Å². The molecule has 0 saturated carbocycles. The highest BCUT2D eigenvalue weighted by Crippen LogP contribution is 2.13. The Morgan fingerprint density at radius 3 is 2.44 bits per heavy atom. The zero-order chi connectivity index (χ0) is 14.1. The van der Waals surface area contributed by atoms with Crippen molar-refractivity contribution in [3.63, 3.8) is 0 Å². The SMILES string of the molecule is C=CCCC(C)C[C@@H](NC(=O)[C@H](C)NC)C(=O)O. The molecule has 5 heteroatoms. The van der Waals surface area contributed by atoms with E-state index in [2.05, 4.69) is 17.2 Å². The van der Waals surface area contributed by atoms with E-state index in [1.165, 1.54) is 0 Å². The van der Waals surface area contributed by atoms with Gasteiger partial charge in [0.2, 0.25) is 5.91 Å². The number of rotatable bonds is 9. The standard InChI is InChI=1S/C13H24N2O3/c1-5-6-7-9(2)8-11(13(17)18)15-12(16)10(3)14-4/h5,9-11,14H,1,6-8H2,2-4H3,(H,15,16)(H,17,18)/t9?,10-,11+/m0/s1. The highest BCUT2D eigenvalue weighted by atomic mass is 16.4. The van der Waals surface area contributed by atoms with Crippen molar-refractivity contribution in [2.75, 3.05) is 7.05 Å². The molecule has 0 rings (SSSR count). The van der Waals surface area contributed by atoms with Gasteiger partial charge in [0.1, 0.15) is 6.04 Å². The van der Waals surface area contributed by atoms with Gasteiger partial charge in [0.05, 0.1) is 6.04 Å². The second-order valence-electron chi connectivity index (χ2n) is 4.62. The van der Waals surface area contributed by atoms with E-state index in [4.69, 9.17) is 5.11 Å². The van der Waals surface area contributed by atoms with E-state index < -0.39 is 18.1 Å². The maximum absolute atomic E-state index is 11.6. The second-order valence-corrected chi connectivity index (χ2v) is 4.62. The Kier molecular flexibility index (Phi) is 8.03. The van der Waals surface area contributed by atoms with Gasteiger partial charge in [0.25, 0.3) is 0 Å². The Bertz CT molecular complexity index is 292. The quantitative estimate of drug-likeness (QED) is 0.541. The zero-order valence-electron chi connectivity index (χ0n) is 11.4. The number of carbonyl (C=O) groups excluding carboxylic acids is 1. The third-order valence-electron chi connectivity index (χ3n) is 2.94. The van der Waals surface area contributed by atoms with Gasteiger partial charge >= 0.3 is 5.97 Å². The highest BCUT2D eigenvalue weighted by molar-refractivity contribution is 5.86. The minimum Gasteiger partial charge on any atom is -0.480 e. The molecule has 0 aromatic heterocycles. The van der Waals surface area contributed by atoms with E-state index in [1.807, 2.05) is 13.0 Å². The number of carboxylic acids is 1. The topological polar surface area (TPSA) is 78.4 Å². The largest absolute Gasteiger partial charge is 0.480 e. The van der Waals surface area contributed by atoms with E-state index in [-0.39, 0.29) is 11.8 Å². The van der Waals surface area contributed by atoms with Crippen LogP contribution in [0.2, 0.25) is 0 Å². The average Bonchev–Trinajstić information content (AvgIpc) is 2.34. The van der Waals surface area contributed by atoms with Crippen LogP contribution < -0.4 is 10.6 Å². The van der Waals surface area contributed by atoms with Gasteiger partial charge in [-0.25, -0.2) is 4.79 Å². The molecule has 0 spiro atoms.